The van der Waals surface area contributed by atoms with Crippen LogP contribution >= 0.6 is 0 Å². The van der Waals surface area contributed by atoms with Gasteiger partial charge in [-0.05, 0) is 62.0 Å². The van der Waals surface area contributed by atoms with Crippen LogP contribution in [0.2, 0.25) is 0 Å². The number of amides is 2. The molecule has 1 aromatic heterocycles. The number of pyridine rings is 1. The Morgan fingerprint density at radius 2 is 2.04 bits per heavy atom. The van der Waals surface area contributed by atoms with Gasteiger partial charge in [0.05, 0.1) is 5.56 Å². The van der Waals surface area contributed by atoms with Crippen LogP contribution in [0, 0.1) is 23.7 Å². The molecule has 2 amide bonds. The average molecular weight is 384 g/mol. The molecule has 1 aliphatic heterocycles. The lowest BCUT2D eigenvalue weighted by atomic mass is 9.69. The van der Waals surface area contributed by atoms with Gasteiger partial charge in [0.15, 0.2) is 0 Å². The Morgan fingerprint density at radius 3 is 2.68 bits per heavy atom. The van der Waals surface area contributed by atoms with Crippen molar-refractivity contribution in [2.24, 2.45) is 23.7 Å². The van der Waals surface area contributed by atoms with Crippen molar-refractivity contribution in [1.29, 1.82) is 0 Å². The molecule has 28 heavy (non-hydrogen) atoms. The van der Waals surface area contributed by atoms with Gasteiger partial charge in [0.25, 0.3) is 5.91 Å². The lowest BCUT2D eigenvalue weighted by Gasteiger charge is -2.37. The number of carbonyl (C=O) groups is 2. The van der Waals surface area contributed by atoms with Gasteiger partial charge in [-0.15, -0.1) is 0 Å². The first-order valence-electron chi connectivity index (χ1n) is 10.6. The monoisotopic (exact) mass is 383 g/mol. The average Bonchev–Trinajstić information content (AvgIpc) is 3.23. The molecule has 0 unspecified atom stereocenters. The largest absolute Gasteiger partial charge is 0.351 e. The molecule has 1 aliphatic carbocycles. The number of nitrogens with zero attached hydrogens (tertiary/aromatic N) is 2. The van der Waals surface area contributed by atoms with Crippen LogP contribution in [0.5, 0.6) is 0 Å². The SMILES string of the molecule is CC1=C[C@@H](CNC(=O)c2cccnc2)[C@H](C(C)C)C[C@H]1CC(=O)N1CCCC1. The third-order valence-corrected chi connectivity index (χ3v) is 6.39. The van der Waals surface area contributed by atoms with Crippen LogP contribution in [-0.4, -0.2) is 41.3 Å². The molecule has 0 radical (unpaired) electrons. The molecule has 2 aliphatic rings. The Balaban J connectivity index is 1.63. The minimum atomic E-state index is -0.0759. The summed E-state index contributed by atoms with van der Waals surface area (Å²) in [5, 5.41) is 3.08. The standard InChI is InChI=1S/C23H33N3O2/c1-16(2)21-12-19(13-22(27)26-9-4-5-10-26)17(3)11-20(21)15-25-23(28)18-7-6-8-24-14-18/h6-8,11,14,16,19-21H,4-5,9-10,12-13,15H2,1-3H3,(H,25,28)/t19-,20-,21-/m0/s1. The van der Waals surface area contributed by atoms with Crippen LogP contribution in [-0.2, 0) is 4.79 Å². The molecular formula is C23H33N3O2. The minimum absolute atomic E-state index is 0.0759. The van der Waals surface area contributed by atoms with E-state index in [9.17, 15) is 9.59 Å². The zero-order valence-electron chi connectivity index (χ0n) is 17.4. The van der Waals surface area contributed by atoms with Crippen LogP contribution in [0.15, 0.2) is 36.2 Å². The first kappa shape index (κ1) is 20.6. The molecule has 1 N–H and O–H groups in total. The van der Waals surface area contributed by atoms with Crippen LogP contribution in [0.1, 0.15) is 56.8 Å². The van der Waals surface area contributed by atoms with E-state index in [-0.39, 0.29) is 5.91 Å². The Kier molecular flexibility index (Phi) is 6.87. The van der Waals surface area contributed by atoms with E-state index in [1.807, 2.05) is 4.90 Å². The molecule has 0 bridgehead atoms. The van der Waals surface area contributed by atoms with E-state index in [1.165, 1.54) is 5.57 Å². The summed E-state index contributed by atoms with van der Waals surface area (Å²) in [6.45, 7) is 9.11. The van der Waals surface area contributed by atoms with Gasteiger partial charge in [-0.25, -0.2) is 0 Å². The van der Waals surface area contributed by atoms with Crippen LogP contribution < -0.4 is 5.32 Å². The van der Waals surface area contributed by atoms with Gasteiger partial charge in [0.1, 0.15) is 0 Å². The van der Waals surface area contributed by atoms with Crippen LogP contribution in [0.4, 0.5) is 0 Å². The number of hydrogen-bond donors (Lipinski definition) is 1. The number of allylic oxidation sites excluding steroid dienone is 1. The predicted molar refractivity (Wildman–Crippen MR) is 111 cm³/mol. The highest BCUT2D eigenvalue weighted by Gasteiger charge is 2.33. The second kappa shape index (κ2) is 9.35. The molecule has 0 aromatic carbocycles. The lowest BCUT2D eigenvalue weighted by Crippen LogP contribution is -2.38. The number of carbonyl (C=O) groups excluding carboxylic acids is 2. The molecule has 3 atom stereocenters. The first-order valence-corrected chi connectivity index (χ1v) is 10.6. The van der Waals surface area contributed by atoms with Gasteiger partial charge in [-0.1, -0.05) is 25.5 Å². The van der Waals surface area contributed by atoms with Crippen molar-refractivity contribution in [2.45, 2.75) is 46.5 Å². The topological polar surface area (TPSA) is 62.3 Å². The maximum absolute atomic E-state index is 12.6. The molecule has 3 rings (SSSR count). The highest BCUT2D eigenvalue weighted by atomic mass is 16.2. The molecular weight excluding hydrogens is 350 g/mol. The third-order valence-electron chi connectivity index (χ3n) is 6.39. The van der Waals surface area contributed by atoms with Crippen molar-refractivity contribution in [2.75, 3.05) is 19.6 Å². The number of hydrogen-bond acceptors (Lipinski definition) is 3. The minimum Gasteiger partial charge on any atom is -0.351 e. The molecule has 1 aromatic rings. The zero-order valence-corrected chi connectivity index (χ0v) is 17.4. The van der Waals surface area contributed by atoms with Crippen molar-refractivity contribution in [3.63, 3.8) is 0 Å². The van der Waals surface area contributed by atoms with E-state index in [2.05, 4.69) is 37.1 Å². The van der Waals surface area contributed by atoms with Gasteiger partial charge in [0.2, 0.25) is 5.91 Å². The zero-order chi connectivity index (χ0) is 20.1. The van der Waals surface area contributed by atoms with Crippen molar-refractivity contribution < 1.29 is 9.59 Å². The van der Waals surface area contributed by atoms with Crippen LogP contribution in [0.25, 0.3) is 0 Å². The second-order valence-corrected chi connectivity index (χ2v) is 8.66. The van der Waals surface area contributed by atoms with Crippen molar-refractivity contribution in [3.05, 3.63) is 41.7 Å². The Morgan fingerprint density at radius 1 is 1.29 bits per heavy atom. The summed E-state index contributed by atoms with van der Waals surface area (Å²) in [5.74, 6) is 1.84. The normalized spacial score (nSPS) is 24.9. The number of aromatic nitrogens is 1. The van der Waals surface area contributed by atoms with Gasteiger partial charge < -0.3 is 10.2 Å². The number of likely N-dealkylation sites (tertiary alicyclic amines) is 1. The molecule has 1 saturated heterocycles. The number of rotatable bonds is 6. The van der Waals surface area contributed by atoms with Crippen LogP contribution in [0.3, 0.4) is 0 Å². The van der Waals surface area contributed by atoms with E-state index in [0.717, 1.165) is 32.4 Å². The van der Waals surface area contributed by atoms with Gasteiger partial charge in [0, 0.05) is 38.4 Å². The van der Waals surface area contributed by atoms with Crippen molar-refractivity contribution >= 4 is 11.8 Å². The van der Waals surface area contributed by atoms with Crippen molar-refractivity contribution in [1.82, 2.24) is 15.2 Å². The molecule has 2 heterocycles. The Bertz CT molecular complexity index is 708. The first-order chi connectivity index (χ1) is 13.5. The Hall–Kier alpha value is -2.17. The molecule has 5 heteroatoms. The highest BCUT2D eigenvalue weighted by molar-refractivity contribution is 5.93. The quantitative estimate of drug-likeness (QED) is 0.762. The molecule has 0 spiro atoms. The van der Waals surface area contributed by atoms with Gasteiger partial charge in [-0.3, -0.25) is 14.6 Å². The summed E-state index contributed by atoms with van der Waals surface area (Å²) in [4.78, 5) is 31.0. The summed E-state index contributed by atoms with van der Waals surface area (Å²) in [7, 11) is 0. The summed E-state index contributed by atoms with van der Waals surface area (Å²) in [6.07, 6.45) is 9.49. The van der Waals surface area contributed by atoms with E-state index < -0.39 is 0 Å². The molecule has 152 valence electrons. The summed E-state index contributed by atoms with van der Waals surface area (Å²) in [6, 6.07) is 3.56. The fourth-order valence-electron chi connectivity index (χ4n) is 4.62. The summed E-state index contributed by atoms with van der Waals surface area (Å²) in [5.41, 5.74) is 1.89. The number of nitrogens with one attached hydrogen (secondary N) is 1. The highest BCUT2D eigenvalue weighted by Crippen LogP contribution is 2.39. The molecule has 1 fully saturated rings. The fraction of sp³-hybridized carbons (Fsp3) is 0.609. The Labute approximate surface area is 168 Å². The van der Waals surface area contributed by atoms with Crippen molar-refractivity contribution in [3.8, 4) is 0 Å². The lowest BCUT2D eigenvalue weighted by molar-refractivity contribution is -0.131. The maximum Gasteiger partial charge on any atom is 0.252 e. The van der Waals surface area contributed by atoms with Gasteiger partial charge >= 0.3 is 0 Å². The van der Waals surface area contributed by atoms with E-state index in [0.29, 0.717) is 48.1 Å². The fourth-order valence-corrected chi connectivity index (χ4v) is 4.62. The van der Waals surface area contributed by atoms with E-state index in [1.54, 1.807) is 24.5 Å². The summed E-state index contributed by atoms with van der Waals surface area (Å²) < 4.78 is 0. The predicted octanol–water partition coefficient (Wildman–Crippen LogP) is 3.68. The summed E-state index contributed by atoms with van der Waals surface area (Å²) >= 11 is 0. The van der Waals surface area contributed by atoms with Gasteiger partial charge in [-0.2, -0.15) is 0 Å². The maximum atomic E-state index is 12.6. The molecule has 0 saturated carbocycles. The smallest absolute Gasteiger partial charge is 0.252 e. The van der Waals surface area contributed by atoms with E-state index in [4.69, 9.17) is 0 Å². The van der Waals surface area contributed by atoms with E-state index >= 15 is 0 Å². The molecule has 5 nitrogen and oxygen atoms in total. The third kappa shape index (κ3) is 5.00. The second-order valence-electron chi connectivity index (χ2n) is 8.66.